The van der Waals surface area contributed by atoms with Gasteiger partial charge in [-0.1, -0.05) is 13.8 Å². The van der Waals surface area contributed by atoms with Gasteiger partial charge in [0, 0.05) is 27.2 Å². The molecule has 0 rings (SSSR count). The van der Waals surface area contributed by atoms with Gasteiger partial charge in [0.15, 0.2) is 0 Å². The minimum Gasteiger partial charge on any atom is -0.347 e. The fraction of sp³-hybridized carbons (Fsp3) is 0.833. The van der Waals surface area contributed by atoms with E-state index in [-0.39, 0.29) is 24.3 Å². The summed E-state index contributed by atoms with van der Waals surface area (Å²) in [4.78, 5) is 26.9. The van der Waals surface area contributed by atoms with E-state index in [2.05, 4.69) is 0 Å². The van der Waals surface area contributed by atoms with Crippen molar-refractivity contribution in [2.45, 2.75) is 26.7 Å². The molecule has 2 N–H and O–H groups in total. The van der Waals surface area contributed by atoms with Crippen molar-refractivity contribution in [3.63, 3.8) is 0 Å². The third-order valence-electron chi connectivity index (χ3n) is 2.76. The van der Waals surface area contributed by atoms with E-state index < -0.39 is 0 Å². The summed E-state index contributed by atoms with van der Waals surface area (Å²) in [6.45, 7) is 5.02. The molecule has 1 atom stereocenters. The molecule has 5 nitrogen and oxygen atoms in total. The Morgan fingerprint density at radius 1 is 1.24 bits per heavy atom. The molecule has 0 aliphatic rings. The SMILES string of the molecule is CCCN(CC(=O)N(C)C)C(=O)C(CC)CN. The molecule has 17 heavy (non-hydrogen) atoms. The molecule has 1 unspecified atom stereocenters. The second-order valence-electron chi connectivity index (χ2n) is 4.39. The lowest BCUT2D eigenvalue weighted by atomic mass is 10.1. The lowest BCUT2D eigenvalue weighted by Gasteiger charge is -2.26. The lowest BCUT2D eigenvalue weighted by molar-refractivity contribution is -0.141. The summed E-state index contributed by atoms with van der Waals surface area (Å²) in [5.74, 6) is -0.234. The molecule has 0 saturated carbocycles. The van der Waals surface area contributed by atoms with Crippen LogP contribution in [0.4, 0.5) is 0 Å². The van der Waals surface area contributed by atoms with E-state index in [9.17, 15) is 9.59 Å². The monoisotopic (exact) mass is 243 g/mol. The first-order valence-corrected chi connectivity index (χ1v) is 6.16. The number of hydrogen-bond acceptors (Lipinski definition) is 3. The van der Waals surface area contributed by atoms with Crippen molar-refractivity contribution in [3.05, 3.63) is 0 Å². The zero-order valence-electron chi connectivity index (χ0n) is 11.4. The second kappa shape index (κ2) is 8.06. The van der Waals surface area contributed by atoms with Crippen LogP contribution in [0.3, 0.4) is 0 Å². The van der Waals surface area contributed by atoms with Crippen molar-refractivity contribution in [2.24, 2.45) is 11.7 Å². The third-order valence-corrected chi connectivity index (χ3v) is 2.76. The highest BCUT2D eigenvalue weighted by Crippen LogP contribution is 2.07. The number of carbonyl (C=O) groups is 2. The summed E-state index contributed by atoms with van der Waals surface area (Å²) in [6.07, 6.45) is 1.55. The Morgan fingerprint density at radius 2 is 1.82 bits per heavy atom. The molecule has 2 amide bonds. The summed E-state index contributed by atoms with van der Waals surface area (Å²) in [5, 5.41) is 0. The number of rotatable bonds is 7. The molecule has 0 heterocycles. The first-order chi connectivity index (χ1) is 7.97. The van der Waals surface area contributed by atoms with E-state index in [1.165, 1.54) is 4.90 Å². The van der Waals surface area contributed by atoms with Crippen molar-refractivity contribution in [1.82, 2.24) is 9.80 Å². The van der Waals surface area contributed by atoms with Gasteiger partial charge in [0.25, 0.3) is 0 Å². The van der Waals surface area contributed by atoms with Crippen LogP contribution in [0.2, 0.25) is 0 Å². The van der Waals surface area contributed by atoms with Crippen molar-refractivity contribution in [2.75, 3.05) is 33.7 Å². The standard InChI is InChI=1S/C12H25N3O2/c1-5-7-15(9-11(16)14(3)4)12(17)10(6-2)8-13/h10H,5-9,13H2,1-4H3. The summed E-state index contributed by atoms with van der Waals surface area (Å²) in [5.41, 5.74) is 5.57. The summed E-state index contributed by atoms with van der Waals surface area (Å²) in [6, 6.07) is 0. The Labute approximate surface area is 104 Å². The molecular formula is C12H25N3O2. The molecule has 0 aliphatic heterocycles. The topological polar surface area (TPSA) is 66.6 Å². The van der Waals surface area contributed by atoms with Gasteiger partial charge in [-0.2, -0.15) is 0 Å². The van der Waals surface area contributed by atoms with Crippen LogP contribution in [0, 0.1) is 5.92 Å². The van der Waals surface area contributed by atoms with Crippen LogP contribution in [-0.2, 0) is 9.59 Å². The maximum Gasteiger partial charge on any atom is 0.241 e. The van der Waals surface area contributed by atoms with Crippen LogP contribution in [0.15, 0.2) is 0 Å². The summed E-state index contributed by atoms with van der Waals surface area (Å²) < 4.78 is 0. The Kier molecular flexibility index (Phi) is 7.54. The van der Waals surface area contributed by atoms with E-state index in [1.54, 1.807) is 19.0 Å². The maximum absolute atomic E-state index is 12.1. The average molecular weight is 243 g/mol. The number of nitrogens with zero attached hydrogens (tertiary/aromatic N) is 2. The fourth-order valence-electron chi connectivity index (χ4n) is 1.54. The predicted molar refractivity (Wildman–Crippen MR) is 68.4 cm³/mol. The molecule has 0 spiro atoms. The number of likely N-dealkylation sites (N-methyl/N-ethyl adjacent to an activating group) is 1. The normalized spacial score (nSPS) is 12.1. The van der Waals surface area contributed by atoms with E-state index in [0.29, 0.717) is 19.5 Å². The summed E-state index contributed by atoms with van der Waals surface area (Å²) >= 11 is 0. The molecule has 0 aromatic rings. The van der Waals surface area contributed by atoms with Gasteiger partial charge < -0.3 is 15.5 Å². The third kappa shape index (κ3) is 5.17. The molecule has 0 aromatic carbocycles. The van der Waals surface area contributed by atoms with Gasteiger partial charge in [-0.25, -0.2) is 0 Å². The molecule has 0 saturated heterocycles. The molecule has 0 fully saturated rings. The van der Waals surface area contributed by atoms with E-state index >= 15 is 0 Å². The number of carbonyl (C=O) groups excluding carboxylic acids is 2. The largest absolute Gasteiger partial charge is 0.347 e. The fourth-order valence-corrected chi connectivity index (χ4v) is 1.54. The highest BCUT2D eigenvalue weighted by Gasteiger charge is 2.23. The Bertz CT molecular complexity index is 250. The van der Waals surface area contributed by atoms with Gasteiger partial charge in [-0.3, -0.25) is 9.59 Å². The van der Waals surface area contributed by atoms with E-state index in [1.807, 2.05) is 13.8 Å². The van der Waals surface area contributed by atoms with Crippen LogP contribution in [0.1, 0.15) is 26.7 Å². The van der Waals surface area contributed by atoms with Crippen molar-refractivity contribution >= 4 is 11.8 Å². The lowest BCUT2D eigenvalue weighted by Crippen LogP contribution is -2.44. The van der Waals surface area contributed by atoms with Crippen LogP contribution in [0.25, 0.3) is 0 Å². The number of hydrogen-bond donors (Lipinski definition) is 1. The molecule has 100 valence electrons. The quantitative estimate of drug-likeness (QED) is 0.699. The zero-order valence-corrected chi connectivity index (χ0v) is 11.4. The van der Waals surface area contributed by atoms with Crippen LogP contribution < -0.4 is 5.73 Å². The van der Waals surface area contributed by atoms with Gasteiger partial charge in [-0.05, 0) is 12.8 Å². The van der Waals surface area contributed by atoms with E-state index in [4.69, 9.17) is 5.73 Å². The molecule has 0 radical (unpaired) electrons. The molecule has 0 aliphatic carbocycles. The van der Waals surface area contributed by atoms with Gasteiger partial charge in [-0.15, -0.1) is 0 Å². The Hall–Kier alpha value is -1.10. The second-order valence-corrected chi connectivity index (χ2v) is 4.39. The minimum atomic E-state index is -0.170. The molecule has 0 aromatic heterocycles. The minimum absolute atomic E-state index is 0.00736. The van der Waals surface area contributed by atoms with Crippen LogP contribution in [-0.4, -0.2) is 55.3 Å². The molecular weight excluding hydrogens is 218 g/mol. The molecule has 0 bridgehead atoms. The summed E-state index contributed by atoms with van der Waals surface area (Å²) in [7, 11) is 3.38. The van der Waals surface area contributed by atoms with Crippen molar-refractivity contribution < 1.29 is 9.59 Å². The van der Waals surface area contributed by atoms with Crippen molar-refractivity contribution in [1.29, 1.82) is 0 Å². The average Bonchev–Trinajstić information content (AvgIpc) is 2.29. The van der Waals surface area contributed by atoms with Gasteiger partial charge in [0.1, 0.15) is 0 Å². The van der Waals surface area contributed by atoms with Gasteiger partial charge >= 0.3 is 0 Å². The predicted octanol–water partition coefficient (Wildman–Crippen LogP) is 0.298. The maximum atomic E-state index is 12.1. The first kappa shape index (κ1) is 15.9. The number of amides is 2. The highest BCUT2D eigenvalue weighted by molar-refractivity contribution is 5.85. The van der Waals surface area contributed by atoms with Crippen molar-refractivity contribution in [3.8, 4) is 0 Å². The Morgan fingerprint density at radius 3 is 2.18 bits per heavy atom. The van der Waals surface area contributed by atoms with Gasteiger partial charge in [0.05, 0.1) is 12.5 Å². The highest BCUT2D eigenvalue weighted by atomic mass is 16.2. The molecule has 5 heteroatoms. The number of nitrogens with two attached hydrogens (primary N) is 1. The first-order valence-electron chi connectivity index (χ1n) is 6.16. The zero-order chi connectivity index (χ0) is 13.4. The van der Waals surface area contributed by atoms with Gasteiger partial charge in [0.2, 0.25) is 11.8 Å². The smallest absolute Gasteiger partial charge is 0.241 e. The Balaban J connectivity index is 4.60. The van der Waals surface area contributed by atoms with E-state index in [0.717, 1.165) is 6.42 Å². The van der Waals surface area contributed by atoms with Crippen LogP contribution in [0.5, 0.6) is 0 Å². The van der Waals surface area contributed by atoms with Crippen LogP contribution >= 0.6 is 0 Å².